The highest BCUT2D eigenvalue weighted by molar-refractivity contribution is 7.89. The standard InChI is InChI=1S/C9H17N3O2S/c1-8(6-10)15(13,14)12-5-4-11-9(2,3)7-12/h8,11H,4-5,7H2,1-3H3. The molecule has 0 saturated carbocycles. The van der Waals surface area contributed by atoms with Gasteiger partial charge < -0.3 is 5.32 Å². The quantitative estimate of drug-likeness (QED) is 0.721. The molecule has 1 fully saturated rings. The first-order valence-electron chi connectivity index (χ1n) is 4.93. The van der Waals surface area contributed by atoms with Crippen LogP contribution in [-0.2, 0) is 10.0 Å². The van der Waals surface area contributed by atoms with E-state index in [1.807, 2.05) is 13.8 Å². The number of nitrogens with one attached hydrogen (secondary N) is 1. The monoisotopic (exact) mass is 231 g/mol. The van der Waals surface area contributed by atoms with Crippen LogP contribution in [0.25, 0.3) is 0 Å². The van der Waals surface area contributed by atoms with Gasteiger partial charge in [0.15, 0.2) is 5.25 Å². The van der Waals surface area contributed by atoms with Crippen molar-refractivity contribution in [2.75, 3.05) is 19.6 Å². The van der Waals surface area contributed by atoms with Crippen molar-refractivity contribution in [2.45, 2.75) is 31.6 Å². The lowest BCUT2D eigenvalue weighted by Crippen LogP contribution is -2.59. The highest BCUT2D eigenvalue weighted by atomic mass is 32.2. The van der Waals surface area contributed by atoms with E-state index in [0.29, 0.717) is 19.6 Å². The van der Waals surface area contributed by atoms with Gasteiger partial charge >= 0.3 is 0 Å². The molecule has 5 nitrogen and oxygen atoms in total. The van der Waals surface area contributed by atoms with E-state index >= 15 is 0 Å². The highest BCUT2D eigenvalue weighted by Crippen LogP contribution is 2.16. The Balaban J connectivity index is 2.86. The Hall–Kier alpha value is -0.640. The summed E-state index contributed by atoms with van der Waals surface area (Å²) >= 11 is 0. The summed E-state index contributed by atoms with van der Waals surface area (Å²) in [6.07, 6.45) is 0. The number of rotatable bonds is 2. The van der Waals surface area contributed by atoms with Gasteiger partial charge in [0.2, 0.25) is 10.0 Å². The van der Waals surface area contributed by atoms with E-state index in [4.69, 9.17) is 5.26 Å². The molecule has 0 radical (unpaired) electrons. The van der Waals surface area contributed by atoms with Gasteiger partial charge in [-0.1, -0.05) is 0 Å². The average Bonchev–Trinajstić information content (AvgIpc) is 2.15. The predicted molar refractivity (Wildman–Crippen MR) is 57.6 cm³/mol. The minimum atomic E-state index is -3.45. The molecule has 0 aliphatic carbocycles. The van der Waals surface area contributed by atoms with Crippen LogP contribution in [0.15, 0.2) is 0 Å². The predicted octanol–water partition coefficient (Wildman–Crippen LogP) is -0.0879. The smallest absolute Gasteiger partial charge is 0.230 e. The molecule has 1 unspecified atom stereocenters. The van der Waals surface area contributed by atoms with Gasteiger partial charge in [-0.15, -0.1) is 0 Å². The minimum Gasteiger partial charge on any atom is -0.309 e. The van der Waals surface area contributed by atoms with Crippen molar-refractivity contribution in [2.24, 2.45) is 0 Å². The van der Waals surface area contributed by atoms with Crippen LogP contribution in [-0.4, -0.2) is 43.1 Å². The Labute approximate surface area is 91.1 Å². The first kappa shape index (κ1) is 12.4. The molecule has 1 heterocycles. The van der Waals surface area contributed by atoms with E-state index in [9.17, 15) is 8.42 Å². The van der Waals surface area contributed by atoms with Crippen LogP contribution in [0, 0.1) is 11.3 Å². The van der Waals surface area contributed by atoms with Crippen LogP contribution in [0.1, 0.15) is 20.8 Å². The van der Waals surface area contributed by atoms with Crippen molar-refractivity contribution >= 4 is 10.0 Å². The Morgan fingerprint density at radius 1 is 1.53 bits per heavy atom. The zero-order valence-electron chi connectivity index (χ0n) is 9.32. The van der Waals surface area contributed by atoms with Crippen LogP contribution < -0.4 is 5.32 Å². The van der Waals surface area contributed by atoms with Gasteiger partial charge in [-0.2, -0.15) is 9.57 Å². The lowest BCUT2D eigenvalue weighted by Gasteiger charge is -2.38. The van der Waals surface area contributed by atoms with E-state index in [1.165, 1.54) is 11.2 Å². The zero-order chi connectivity index (χ0) is 11.7. The Morgan fingerprint density at radius 2 is 2.13 bits per heavy atom. The summed E-state index contributed by atoms with van der Waals surface area (Å²) in [7, 11) is -3.45. The van der Waals surface area contributed by atoms with Crippen molar-refractivity contribution in [1.29, 1.82) is 5.26 Å². The Bertz CT molecular complexity index is 369. The number of hydrogen-bond donors (Lipinski definition) is 1. The molecule has 6 heteroatoms. The zero-order valence-corrected chi connectivity index (χ0v) is 10.1. The summed E-state index contributed by atoms with van der Waals surface area (Å²) < 4.78 is 25.2. The largest absolute Gasteiger partial charge is 0.309 e. The van der Waals surface area contributed by atoms with Crippen molar-refractivity contribution in [3.8, 4) is 6.07 Å². The normalized spacial score (nSPS) is 24.4. The molecule has 0 bridgehead atoms. The Kier molecular flexibility index (Phi) is 3.38. The molecule has 1 aliphatic rings. The van der Waals surface area contributed by atoms with Crippen molar-refractivity contribution in [1.82, 2.24) is 9.62 Å². The minimum absolute atomic E-state index is 0.222. The Morgan fingerprint density at radius 3 is 2.60 bits per heavy atom. The molecule has 0 spiro atoms. The van der Waals surface area contributed by atoms with Crippen LogP contribution >= 0.6 is 0 Å². The summed E-state index contributed by atoms with van der Waals surface area (Å²) in [5.41, 5.74) is -0.222. The summed E-state index contributed by atoms with van der Waals surface area (Å²) in [5, 5.41) is 10.9. The van der Waals surface area contributed by atoms with E-state index in [2.05, 4.69) is 5.32 Å². The molecule has 0 aromatic rings. The average molecular weight is 231 g/mol. The van der Waals surface area contributed by atoms with Crippen LogP contribution in [0.4, 0.5) is 0 Å². The first-order valence-corrected chi connectivity index (χ1v) is 6.43. The molecule has 86 valence electrons. The van der Waals surface area contributed by atoms with Gasteiger partial charge in [-0.05, 0) is 20.8 Å². The number of piperazine rings is 1. The molecule has 1 saturated heterocycles. The molecular formula is C9H17N3O2S. The summed E-state index contributed by atoms with van der Waals surface area (Å²) in [4.78, 5) is 0. The fourth-order valence-corrected chi connectivity index (χ4v) is 3.03. The summed E-state index contributed by atoms with van der Waals surface area (Å²) in [6.45, 7) is 6.81. The SMILES string of the molecule is CC(C#N)S(=O)(=O)N1CCNC(C)(C)C1. The fourth-order valence-electron chi connectivity index (χ4n) is 1.60. The summed E-state index contributed by atoms with van der Waals surface area (Å²) in [6, 6.07) is 1.78. The highest BCUT2D eigenvalue weighted by Gasteiger charge is 2.35. The van der Waals surface area contributed by atoms with Crippen LogP contribution in [0.5, 0.6) is 0 Å². The van der Waals surface area contributed by atoms with Crippen molar-refractivity contribution in [3.05, 3.63) is 0 Å². The first-order chi connectivity index (χ1) is 6.79. The van der Waals surface area contributed by atoms with Gasteiger partial charge in [0.1, 0.15) is 0 Å². The third kappa shape index (κ3) is 2.68. The van der Waals surface area contributed by atoms with Gasteiger partial charge in [0.05, 0.1) is 6.07 Å². The second-order valence-corrected chi connectivity index (χ2v) is 6.71. The van der Waals surface area contributed by atoms with Gasteiger partial charge in [-0.3, -0.25) is 0 Å². The molecule has 0 aromatic carbocycles. The second kappa shape index (κ2) is 4.08. The van der Waals surface area contributed by atoms with Crippen LogP contribution in [0.3, 0.4) is 0 Å². The van der Waals surface area contributed by atoms with E-state index in [1.54, 1.807) is 6.07 Å². The van der Waals surface area contributed by atoms with Crippen molar-refractivity contribution < 1.29 is 8.42 Å². The van der Waals surface area contributed by atoms with Gasteiger partial charge in [0.25, 0.3) is 0 Å². The lowest BCUT2D eigenvalue weighted by molar-refractivity contribution is 0.233. The van der Waals surface area contributed by atoms with E-state index in [0.717, 1.165) is 0 Å². The number of nitriles is 1. The number of nitrogens with zero attached hydrogens (tertiary/aromatic N) is 2. The van der Waals surface area contributed by atoms with Crippen LogP contribution in [0.2, 0.25) is 0 Å². The maximum atomic E-state index is 11.9. The summed E-state index contributed by atoms with van der Waals surface area (Å²) in [5.74, 6) is 0. The topological polar surface area (TPSA) is 73.2 Å². The third-order valence-electron chi connectivity index (χ3n) is 2.52. The fraction of sp³-hybridized carbons (Fsp3) is 0.889. The number of hydrogen-bond acceptors (Lipinski definition) is 4. The molecule has 1 atom stereocenters. The second-order valence-electron chi connectivity index (χ2n) is 4.46. The number of sulfonamides is 1. The molecule has 1 aliphatic heterocycles. The van der Waals surface area contributed by atoms with E-state index < -0.39 is 15.3 Å². The van der Waals surface area contributed by atoms with E-state index in [-0.39, 0.29) is 5.54 Å². The van der Waals surface area contributed by atoms with Crippen molar-refractivity contribution in [3.63, 3.8) is 0 Å². The third-order valence-corrected chi connectivity index (χ3v) is 4.56. The van der Waals surface area contributed by atoms with Gasteiger partial charge in [0, 0.05) is 25.2 Å². The van der Waals surface area contributed by atoms with Gasteiger partial charge in [-0.25, -0.2) is 8.42 Å². The molecular weight excluding hydrogens is 214 g/mol. The molecule has 1 N–H and O–H groups in total. The molecule has 0 amide bonds. The maximum Gasteiger partial charge on any atom is 0.230 e. The molecule has 15 heavy (non-hydrogen) atoms. The molecule has 0 aromatic heterocycles. The molecule has 1 rings (SSSR count). The lowest BCUT2D eigenvalue weighted by atomic mass is 10.0. The maximum absolute atomic E-state index is 11.9.